The molecule has 0 fully saturated rings. The lowest BCUT2D eigenvalue weighted by molar-refractivity contribution is -0.125. The van der Waals surface area contributed by atoms with Crippen LogP contribution in [0.3, 0.4) is 0 Å². The minimum atomic E-state index is -0.990. The van der Waals surface area contributed by atoms with Gasteiger partial charge in [0.05, 0.1) is 27.2 Å². The number of nitrogens with zero attached hydrogens (tertiary/aromatic N) is 1. The Morgan fingerprint density at radius 1 is 1.12 bits per heavy atom. The highest BCUT2D eigenvalue weighted by atomic mass is 35.5. The molecule has 0 radical (unpaired) electrons. The van der Waals surface area contributed by atoms with Gasteiger partial charge < -0.3 is 5.32 Å². The lowest BCUT2D eigenvalue weighted by Crippen LogP contribution is -2.58. The first-order valence-corrected chi connectivity index (χ1v) is 9.37. The molecule has 2 aromatic rings. The van der Waals surface area contributed by atoms with Crippen LogP contribution < -0.4 is 10.2 Å². The van der Waals surface area contributed by atoms with E-state index in [1.54, 1.807) is 43.0 Å². The van der Waals surface area contributed by atoms with Crippen LogP contribution in [0, 0.1) is 0 Å². The smallest absolute Gasteiger partial charge is 0.250 e. The van der Waals surface area contributed by atoms with E-state index in [2.05, 4.69) is 5.32 Å². The molecule has 2 amide bonds. The highest BCUT2D eigenvalue weighted by molar-refractivity contribution is 8.00. The molecule has 4 nitrogen and oxygen atoms in total. The first-order chi connectivity index (χ1) is 11.8. The molecule has 2 aromatic carbocycles. The number of thioether (sulfide) groups is 1. The third kappa shape index (κ3) is 3.36. The number of halogens is 2. The molecular formula is C18H16Cl2N2O2S. The fraction of sp³-hybridized carbons (Fsp3) is 0.222. The molecule has 130 valence electrons. The number of fused-ring (bicyclic) bond motifs is 1. The van der Waals surface area contributed by atoms with Gasteiger partial charge in [0.15, 0.2) is 0 Å². The van der Waals surface area contributed by atoms with Crippen molar-refractivity contribution in [2.45, 2.75) is 24.3 Å². The van der Waals surface area contributed by atoms with Crippen molar-refractivity contribution in [3.8, 4) is 0 Å². The maximum absolute atomic E-state index is 13.0. The quantitative estimate of drug-likeness (QED) is 0.756. The predicted molar refractivity (Wildman–Crippen MR) is 104 cm³/mol. The average Bonchev–Trinajstić information content (AvgIpc) is 2.55. The van der Waals surface area contributed by atoms with Gasteiger partial charge in [-0.3, -0.25) is 14.5 Å². The van der Waals surface area contributed by atoms with Crippen LogP contribution >= 0.6 is 35.0 Å². The standard InChI is InChI=1S/C18H16Cl2N2O2S/c1-18(2)17(24)21-13-8-3-4-9-14(13)22(18)15(23)10-25-16-11(19)6-5-7-12(16)20/h3-9H,10H2,1-2H3,(H,21,24). The average molecular weight is 395 g/mol. The third-order valence-corrected chi connectivity index (χ3v) is 5.99. The molecule has 0 atom stereocenters. The van der Waals surface area contributed by atoms with Crippen molar-refractivity contribution in [2.24, 2.45) is 0 Å². The molecule has 0 saturated carbocycles. The van der Waals surface area contributed by atoms with E-state index in [0.717, 1.165) is 0 Å². The number of rotatable bonds is 3. The van der Waals surface area contributed by atoms with Crippen molar-refractivity contribution in [3.05, 3.63) is 52.5 Å². The van der Waals surface area contributed by atoms with Gasteiger partial charge in [-0.1, -0.05) is 41.4 Å². The highest BCUT2D eigenvalue weighted by Crippen LogP contribution is 2.39. The van der Waals surface area contributed by atoms with Gasteiger partial charge in [-0.05, 0) is 38.1 Å². The van der Waals surface area contributed by atoms with E-state index >= 15 is 0 Å². The van der Waals surface area contributed by atoms with Crippen molar-refractivity contribution in [1.29, 1.82) is 0 Å². The van der Waals surface area contributed by atoms with Crippen molar-refractivity contribution >= 4 is 58.2 Å². The van der Waals surface area contributed by atoms with E-state index in [4.69, 9.17) is 23.2 Å². The molecule has 0 aromatic heterocycles. The van der Waals surface area contributed by atoms with Gasteiger partial charge >= 0.3 is 0 Å². The Bertz CT molecular complexity index is 834. The van der Waals surface area contributed by atoms with Crippen LogP contribution in [0.5, 0.6) is 0 Å². The van der Waals surface area contributed by atoms with Gasteiger partial charge in [-0.25, -0.2) is 0 Å². The van der Waals surface area contributed by atoms with Gasteiger partial charge in [-0.15, -0.1) is 11.8 Å². The van der Waals surface area contributed by atoms with Crippen LogP contribution in [0.4, 0.5) is 11.4 Å². The number of carbonyl (C=O) groups excluding carboxylic acids is 2. The minimum Gasteiger partial charge on any atom is -0.322 e. The third-order valence-electron chi connectivity index (χ3n) is 4.02. The Balaban J connectivity index is 1.89. The molecule has 1 aliphatic rings. The lowest BCUT2D eigenvalue weighted by Gasteiger charge is -2.42. The van der Waals surface area contributed by atoms with E-state index in [1.807, 2.05) is 18.2 Å². The molecule has 3 rings (SSSR count). The van der Waals surface area contributed by atoms with E-state index in [1.165, 1.54) is 11.8 Å². The molecule has 1 heterocycles. The fourth-order valence-corrected chi connectivity index (χ4v) is 4.25. The van der Waals surface area contributed by atoms with E-state index in [-0.39, 0.29) is 17.6 Å². The largest absolute Gasteiger partial charge is 0.322 e. The van der Waals surface area contributed by atoms with Crippen LogP contribution in [-0.4, -0.2) is 23.1 Å². The van der Waals surface area contributed by atoms with Crippen molar-refractivity contribution < 1.29 is 9.59 Å². The van der Waals surface area contributed by atoms with E-state index < -0.39 is 5.54 Å². The number of hydrogen-bond acceptors (Lipinski definition) is 3. The molecular weight excluding hydrogens is 379 g/mol. The summed E-state index contributed by atoms with van der Waals surface area (Å²) in [5.41, 5.74) is 0.319. The SMILES string of the molecule is CC1(C)C(=O)Nc2ccccc2N1C(=O)CSc1c(Cl)cccc1Cl. The van der Waals surface area contributed by atoms with Crippen molar-refractivity contribution in [3.63, 3.8) is 0 Å². The Labute approximate surface area is 160 Å². The maximum atomic E-state index is 13.0. The topological polar surface area (TPSA) is 49.4 Å². The van der Waals surface area contributed by atoms with Crippen LogP contribution in [0.2, 0.25) is 10.0 Å². The lowest BCUT2D eigenvalue weighted by atomic mass is 9.96. The second kappa shape index (κ2) is 6.90. The Hall–Kier alpha value is -1.69. The zero-order valence-corrected chi connectivity index (χ0v) is 16.0. The summed E-state index contributed by atoms with van der Waals surface area (Å²) < 4.78 is 0. The number of para-hydroxylation sites is 2. The van der Waals surface area contributed by atoms with Crippen molar-refractivity contribution in [2.75, 3.05) is 16.0 Å². The number of amides is 2. The molecule has 0 spiro atoms. The van der Waals surface area contributed by atoms with Gasteiger partial charge in [0.25, 0.3) is 0 Å². The Morgan fingerprint density at radius 2 is 1.76 bits per heavy atom. The first kappa shape index (κ1) is 18.1. The predicted octanol–water partition coefficient (Wildman–Crippen LogP) is 4.85. The van der Waals surface area contributed by atoms with E-state index in [9.17, 15) is 9.59 Å². The van der Waals surface area contributed by atoms with Gasteiger partial charge in [0.1, 0.15) is 5.54 Å². The summed E-state index contributed by atoms with van der Waals surface area (Å²) in [4.78, 5) is 27.6. The minimum absolute atomic E-state index is 0.120. The Kier molecular flexibility index (Phi) is 5.00. The summed E-state index contributed by atoms with van der Waals surface area (Å²) in [5, 5.41) is 3.85. The summed E-state index contributed by atoms with van der Waals surface area (Å²) in [5.74, 6) is -0.289. The number of hydrogen-bond donors (Lipinski definition) is 1. The van der Waals surface area contributed by atoms with Gasteiger partial charge in [0.2, 0.25) is 11.8 Å². The van der Waals surface area contributed by atoms with Gasteiger partial charge in [0, 0.05) is 4.90 Å². The van der Waals surface area contributed by atoms with Crippen LogP contribution in [0.1, 0.15) is 13.8 Å². The molecule has 1 N–H and O–H groups in total. The number of benzene rings is 2. The summed E-state index contributed by atoms with van der Waals surface area (Å²) in [6.45, 7) is 3.45. The zero-order valence-electron chi connectivity index (χ0n) is 13.7. The van der Waals surface area contributed by atoms with E-state index in [0.29, 0.717) is 26.3 Å². The normalized spacial score (nSPS) is 15.5. The molecule has 0 saturated heterocycles. The van der Waals surface area contributed by atoms with Crippen LogP contribution in [0.25, 0.3) is 0 Å². The summed E-state index contributed by atoms with van der Waals surface area (Å²) >= 11 is 13.6. The van der Waals surface area contributed by atoms with Crippen LogP contribution in [-0.2, 0) is 9.59 Å². The zero-order chi connectivity index (χ0) is 18.2. The number of carbonyl (C=O) groups is 2. The number of anilines is 2. The fourth-order valence-electron chi connectivity index (χ4n) is 2.72. The first-order valence-electron chi connectivity index (χ1n) is 7.62. The Morgan fingerprint density at radius 3 is 2.44 bits per heavy atom. The molecule has 0 bridgehead atoms. The van der Waals surface area contributed by atoms with Crippen LogP contribution in [0.15, 0.2) is 47.4 Å². The van der Waals surface area contributed by atoms with Crippen molar-refractivity contribution in [1.82, 2.24) is 0 Å². The maximum Gasteiger partial charge on any atom is 0.250 e. The highest BCUT2D eigenvalue weighted by Gasteiger charge is 2.43. The second-order valence-electron chi connectivity index (χ2n) is 6.10. The second-order valence-corrected chi connectivity index (χ2v) is 7.90. The molecule has 7 heteroatoms. The molecule has 1 aliphatic heterocycles. The van der Waals surface area contributed by atoms with Gasteiger partial charge in [-0.2, -0.15) is 0 Å². The molecule has 0 aliphatic carbocycles. The monoisotopic (exact) mass is 394 g/mol. The number of nitrogens with one attached hydrogen (secondary N) is 1. The molecule has 25 heavy (non-hydrogen) atoms. The summed E-state index contributed by atoms with van der Waals surface area (Å²) in [6, 6.07) is 12.5. The molecule has 0 unspecified atom stereocenters. The summed E-state index contributed by atoms with van der Waals surface area (Å²) in [6.07, 6.45) is 0. The summed E-state index contributed by atoms with van der Waals surface area (Å²) in [7, 11) is 0.